The molecular weight excluding hydrogens is 297 g/mol. The Morgan fingerprint density at radius 1 is 1.35 bits per heavy atom. The van der Waals surface area contributed by atoms with E-state index in [2.05, 4.69) is 5.32 Å². The van der Waals surface area contributed by atoms with Crippen LogP contribution in [0.3, 0.4) is 0 Å². The van der Waals surface area contributed by atoms with Gasteiger partial charge in [-0.3, -0.25) is 0 Å². The van der Waals surface area contributed by atoms with Gasteiger partial charge < -0.3 is 10.1 Å². The minimum absolute atomic E-state index is 0.261. The molecule has 0 unspecified atom stereocenters. The average molecular weight is 314 g/mol. The molecule has 0 aromatic heterocycles. The molecule has 1 aromatic rings. The van der Waals surface area contributed by atoms with Gasteiger partial charge in [0.1, 0.15) is 0 Å². The van der Waals surface area contributed by atoms with Crippen LogP contribution in [0.25, 0.3) is 5.57 Å². The van der Waals surface area contributed by atoms with Gasteiger partial charge in [0, 0.05) is 6.54 Å². The maximum atomic E-state index is 12.1. The number of benzene rings is 1. The number of esters is 1. The Morgan fingerprint density at radius 3 is 2.85 bits per heavy atom. The summed E-state index contributed by atoms with van der Waals surface area (Å²) in [4.78, 5) is 12.1. The summed E-state index contributed by atoms with van der Waals surface area (Å²) in [5.41, 5.74) is 2.61. The van der Waals surface area contributed by atoms with Crippen LogP contribution in [-0.2, 0) is 9.53 Å². The molecule has 1 N–H and O–H groups in total. The number of allylic oxidation sites excluding steroid dienone is 1. The lowest BCUT2D eigenvalue weighted by Crippen LogP contribution is -2.22. The molecule has 0 aliphatic carbocycles. The first-order chi connectivity index (χ1) is 9.63. The van der Waals surface area contributed by atoms with E-state index in [0.29, 0.717) is 28.8 Å². The quantitative estimate of drug-likeness (QED) is 0.865. The predicted octanol–water partition coefficient (Wildman–Crippen LogP) is 3.69. The highest BCUT2D eigenvalue weighted by Gasteiger charge is 2.20. The highest BCUT2D eigenvalue weighted by Crippen LogP contribution is 2.31. The van der Waals surface area contributed by atoms with Crippen LogP contribution in [0.15, 0.2) is 23.8 Å². The number of halogens is 2. The zero-order valence-corrected chi connectivity index (χ0v) is 12.9. The molecule has 0 spiro atoms. The molecule has 0 bridgehead atoms. The van der Waals surface area contributed by atoms with Crippen molar-refractivity contribution in [3.63, 3.8) is 0 Å². The maximum absolute atomic E-state index is 12.1. The normalized spacial score (nSPS) is 15.9. The van der Waals surface area contributed by atoms with E-state index in [4.69, 9.17) is 27.9 Å². The fourth-order valence-corrected chi connectivity index (χ4v) is 2.58. The van der Waals surface area contributed by atoms with E-state index in [-0.39, 0.29) is 5.97 Å². The predicted molar refractivity (Wildman–Crippen MR) is 82.1 cm³/mol. The van der Waals surface area contributed by atoms with Gasteiger partial charge in [0.25, 0.3) is 0 Å². The number of carbonyl (C=O) groups is 1. The monoisotopic (exact) mass is 313 g/mol. The number of nitrogens with one attached hydrogen (secondary N) is 1. The van der Waals surface area contributed by atoms with E-state index in [9.17, 15) is 4.79 Å². The van der Waals surface area contributed by atoms with E-state index in [1.807, 2.05) is 12.1 Å². The van der Waals surface area contributed by atoms with Gasteiger partial charge >= 0.3 is 5.97 Å². The molecule has 1 aromatic carbocycles. The molecule has 1 aliphatic rings. The van der Waals surface area contributed by atoms with Gasteiger partial charge in [-0.05, 0) is 49.6 Å². The fourth-order valence-electron chi connectivity index (χ4n) is 2.28. The largest absolute Gasteiger partial charge is 0.463 e. The van der Waals surface area contributed by atoms with Crippen LogP contribution in [-0.4, -0.2) is 25.7 Å². The highest BCUT2D eigenvalue weighted by molar-refractivity contribution is 6.42. The summed E-state index contributed by atoms with van der Waals surface area (Å²) in [6.07, 6.45) is 1.79. The standard InChI is InChI=1S/C15H17Cl2NO2/c1-2-20-15(19)12-9-18-7-3-4-11(12)10-5-6-13(16)14(17)8-10/h5-6,8,18H,2-4,7,9H2,1H3. The van der Waals surface area contributed by atoms with E-state index < -0.39 is 0 Å². The molecule has 1 aliphatic heterocycles. The van der Waals surface area contributed by atoms with Crippen LogP contribution in [0.1, 0.15) is 25.3 Å². The first-order valence-corrected chi connectivity index (χ1v) is 7.44. The minimum atomic E-state index is -0.261. The van der Waals surface area contributed by atoms with Crippen LogP contribution >= 0.6 is 23.2 Å². The molecule has 0 fully saturated rings. The Bertz CT molecular complexity index is 541. The second kappa shape index (κ2) is 7.11. The van der Waals surface area contributed by atoms with E-state index in [1.54, 1.807) is 13.0 Å². The first-order valence-electron chi connectivity index (χ1n) is 6.68. The van der Waals surface area contributed by atoms with Crippen LogP contribution < -0.4 is 5.32 Å². The fraction of sp³-hybridized carbons (Fsp3) is 0.400. The van der Waals surface area contributed by atoms with Crippen molar-refractivity contribution in [1.29, 1.82) is 0 Å². The number of rotatable bonds is 3. The summed E-state index contributed by atoms with van der Waals surface area (Å²) in [5, 5.41) is 4.26. The third-order valence-corrected chi connectivity index (χ3v) is 3.98. The Labute approximate surface area is 128 Å². The lowest BCUT2D eigenvalue weighted by atomic mass is 9.96. The van der Waals surface area contributed by atoms with Crippen molar-refractivity contribution < 1.29 is 9.53 Å². The zero-order chi connectivity index (χ0) is 14.5. The molecule has 0 saturated carbocycles. The Kier molecular flexibility index (Phi) is 5.46. The van der Waals surface area contributed by atoms with Crippen molar-refractivity contribution in [3.05, 3.63) is 39.4 Å². The van der Waals surface area contributed by atoms with Crippen molar-refractivity contribution in [2.75, 3.05) is 19.7 Å². The summed E-state index contributed by atoms with van der Waals surface area (Å²) in [7, 11) is 0. The minimum Gasteiger partial charge on any atom is -0.463 e. The molecule has 20 heavy (non-hydrogen) atoms. The lowest BCUT2D eigenvalue weighted by Gasteiger charge is -2.13. The number of hydrogen-bond acceptors (Lipinski definition) is 3. The summed E-state index contributed by atoms with van der Waals surface area (Å²) >= 11 is 12.0. The molecule has 3 nitrogen and oxygen atoms in total. The molecule has 0 amide bonds. The summed E-state index contributed by atoms with van der Waals surface area (Å²) in [6, 6.07) is 5.46. The van der Waals surface area contributed by atoms with E-state index in [0.717, 1.165) is 30.5 Å². The van der Waals surface area contributed by atoms with E-state index in [1.165, 1.54) is 0 Å². The second-order valence-corrected chi connectivity index (χ2v) is 5.40. The maximum Gasteiger partial charge on any atom is 0.335 e. The van der Waals surface area contributed by atoms with Gasteiger partial charge in [0.2, 0.25) is 0 Å². The molecule has 0 saturated heterocycles. The molecule has 108 valence electrons. The second-order valence-electron chi connectivity index (χ2n) is 4.59. The van der Waals surface area contributed by atoms with Crippen LogP contribution in [0, 0.1) is 0 Å². The molecule has 0 atom stereocenters. The molecule has 0 radical (unpaired) electrons. The topological polar surface area (TPSA) is 38.3 Å². The van der Waals surface area contributed by atoms with Crippen LogP contribution in [0.5, 0.6) is 0 Å². The van der Waals surface area contributed by atoms with Gasteiger partial charge in [0.05, 0.1) is 22.2 Å². The van der Waals surface area contributed by atoms with Gasteiger partial charge in [-0.2, -0.15) is 0 Å². The molecule has 1 heterocycles. The van der Waals surface area contributed by atoms with Crippen LogP contribution in [0.2, 0.25) is 10.0 Å². The first kappa shape index (κ1) is 15.4. The highest BCUT2D eigenvalue weighted by atomic mass is 35.5. The third-order valence-electron chi connectivity index (χ3n) is 3.24. The van der Waals surface area contributed by atoms with Crippen molar-refractivity contribution >= 4 is 34.7 Å². The zero-order valence-electron chi connectivity index (χ0n) is 11.3. The smallest absolute Gasteiger partial charge is 0.335 e. The Morgan fingerprint density at radius 2 is 2.15 bits per heavy atom. The van der Waals surface area contributed by atoms with E-state index >= 15 is 0 Å². The van der Waals surface area contributed by atoms with Gasteiger partial charge in [0.15, 0.2) is 0 Å². The summed E-state index contributed by atoms with van der Waals surface area (Å²) < 4.78 is 5.15. The van der Waals surface area contributed by atoms with Crippen LogP contribution in [0.4, 0.5) is 0 Å². The van der Waals surface area contributed by atoms with Crippen molar-refractivity contribution in [1.82, 2.24) is 5.32 Å². The summed E-state index contributed by atoms with van der Waals surface area (Å²) in [5.74, 6) is -0.261. The average Bonchev–Trinajstić information content (AvgIpc) is 2.68. The lowest BCUT2D eigenvalue weighted by molar-refractivity contribution is -0.138. The van der Waals surface area contributed by atoms with Crippen molar-refractivity contribution in [2.45, 2.75) is 19.8 Å². The Hall–Kier alpha value is -1.03. The van der Waals surface area contributed by atoms with Gasteiger partial charge in [-0.15, -0.1) is 0 Å². The number of hydrogen-bond donors (Lipinski definition) is 1. The molecule has 2 rings (SSSR count). The Balaban J connectivity index is 2.44. The summed E-state index contributed by atoms with van der Waals surface area (Å²) in [6.45, 7) is 3.58. The SMILES string of the molecule is CCOC(=O)C1=C(c2ccc(Cl)c(Cl)c2)CCCNC1. The molecule has 5 heteroatoms. The number of ether oxygens (including phenoxy) is 1. The van der Waals surface area contributed by atoms with Gasteiger partial charge in [-0.1, -0.05) is 29.3 Å². The number of carbonyl (C=O) groups excluding carboxylic acids is 1. The van der Waals surface area contributed by atoms with Crippen molar-refractivity contribution in [3.8, 4) is 0 Å². The van der Waals surface area contributed by atoms with Gasteiger partial charge in [-0.25, -0.2) is 4.79 Å². The third kappa shape index (κ3) is 3.54. The molecular formula is C15H17Cl2NO2. The van der Waals surface area contributed by atoms with Crippen molar-refractivity contribution in [2.24, 2.45) is 0 Å².